The number of nitrogens with one attached hydrogen (secondary N) is 2. The summed E-state index contributed by atoms with van der Waals surface area (Å²) in [5.74, 6) is 0. The molecule has 0 saturated carbocycles. The van der Waals surface area contributed by atoms with Crippen LogP contribution >= 0.6 is 0 Å². The molecule has 0 bridgehead atoms. The normalized spacial score (nSPS) is 15.4. The van der Waals surface area contributed by atoms with E-state index in [2.05, 4.69) is 34.9 Å². The minimum absolute atomic E-state index is 1.24. The molecule has 1 aromatic rings. The standard InChI is InChI=1S/C12H10N2/c1-3-13-7-11-6-10-2-4-14-8-12(10)5-9(1)11/h1-8,13-14H. The highest BCUT2D eigenvalue weighted by molar-refractivity contribution is 5.63. The van der Waals surface area contributed by atoms with E-state index in [1.54, 1.807) is 0 Å². The minimum Gasteiger partial charge on any atom is -0.367 e. The van der Waals surface area contributed by atoms with Gasteiger partial charge in [-0.05, 0) is 45.8 Å². The molecule has 3 rings (SSSR count). The Morgan fingerprint density at radius 1 is 0.714 bits per heavy atom. The highest BCUT2D eigenvalue weighted by Gasteiger charge is 2.00. The van der Waals surface area contributed by atoms with Gasteiger partial charge in [0.1, 0.15) is 0 Å². The fourth-order valence-electron chi connectivity index (χ4n) is 1.76. The van der Waals surface area contributed by atoms with E-state index in [0.717, 1.165) is 0 Å². The fraction of sp³-hybridized carbons (Fsp3) is 0. The molecule has 0 saturated heterocycles. The Morgan fingerprint density at radius 3 is 1.71 bits per heavy atom. The Labute approximate surface area is 82.0 Å². The molecule has 0 aromatic heterocycles. The molecule has 0 unspecified atom stereocenters. The first-order valence-electron chi connectivity index (χ1n) is 4.63. The van der Waals surface area contributed by atoms with Crippen molar-refractivity contribution < 1.29 is 0 Å². The number of benzene rings is 1. The Balaban J connectivity index is 2.38. The van der Waals surface area contributed by atoms with Gasteiger partial charge in [0.05, 0.1) is 0 Å². The number of fused-ring (bicyclic) bond motifs is 2. The van der Waals surface area contributed by atoms with Crippen molar-refractivity contribution in [1.82, 2.24) is 10.6 Å². The first kappa shape index (κ1) is 7.44. The lowest BCUT2D eigenvalue weighted by Crippen LogP contribution is -2.23. The number of rotatable bonds is 0. The van der Waals surface area contributed by atoms with Gasteiger partial charge in [-0.25, -0.2) is 0 Å². The quantitative estimate of drug-likeness (QED) is 0.603. The molecule has 2 aliphatic heterocycles. The predicted octanol–water partition coefficient (Wildman–Crippen LogP) is 0.310. The number of hydrogen-bond donors (Lipinski definition) is 2. The van der Waals surface area contributed by atoms with Gasteiger partial charge in [0.15, 0.2) is 0 Å². The van der Waals surface area contributed by atoms with E-state index in [4.69, 9.17) is 0 Å². The van der Waals surface area contributed by atoms with Gasteiger partial charge in [-0.2, -0.15) is 0 Å². The molecular weight excluding hydrogens is 172 g/mol. The van der Waals surface area contributed by atoms with Crippen molar-refractivity contribution in [3.8, 4) is 0 Å². The maximum atomic E-state index is 3.09. The first-order valence-corrected chi connectivity index (χ1v) is 4.63. The van der Waals surface area contributed by atoms with Gasteiger partial charge in [0, 0.05) is 24.8 Å². The topological polar surface area (TPSA) is 24.1 Å². The maximum Gasteiger partial charge on any atom is 0.00838 e. The summed E-state index contributed by atoms with van der Waals surface area (Å²) in [7, 11) is 0. The van der Waals surface area contributed by atoms with E-state index in [9.17, 15) is 0 Å². The molecule has 14 heavy (non-hydrogen) atoms. The zero-order valence-corrected chi connectivity index (χ0v) is 7.62. The lowest BCUT2D eigenvalue weighted by atomic mass is 10.0. The summed E-state index contributed by atoms with van der Waals surface area (Å²) in [5, 5.41) is 8.67. The summed E-state index contributed by atoms with van der Waals surface area (Å²) in [5.41, 5.74) is 2.52. The summed E-state index contributed by atoms with van der Waals surface area (Å²) in [6.45, 7) is 0. The van der Waals surface area contributed by atoms with Crippen LogP contribution in [0.5, 0.6) is 0 Å². The summed E-state index contributed by atoms with van der Waals surface area (Å²) in [4.78, 5) is 0. The first-order chi connectivity index (χ1) is 6.93. The Hall–Kier alpha value is -1.96. The average Bonchev–Trinajstić information content (AvgIpc) is 2.26. The summed E-state index contributed by atoms with van der Waals surface area (Å²) < 4.78 is 0. The van der Waals surface area contributed by atoms with E-state index >= 15 is 0 Å². The smallest absolute Gasteiger partial charge is 0.00838 e. The zero-order valence-electron chi connectivity index (χ0n) is 7.62. The van der Waals surface area contributed by atoms with E-state index in [1.807, 2.05) is 24.8 Å². The van der Waals surface area contributed by atoms with Crippen LogP contribution in [0.1, 0.15) is 11.1 Å². The van der Waals surface area contributed by atoms with Crippen LogP contribution in [0.2, 0.25) is 0 Å². The molecule has 0 amide bonds. The minimum atomic E-state index is 1.24. The van der Waals surface area contributed by atoms with Crippen molar-refractivity contribution in [2.75, 3.05) is 0 Å². The summed E-state index contributed by atoms with van der Waals surface area (Å²) >= 11 is 0. The van der Waals surface area contributed by atoms with Crippen LogP contribution in [-0.2, 0) is 0 Å². The Kier molecular flexibility index (Phi) is 1.47. The molecule has 0 fully saturated rings. The second-order valence-electron chi connectivity index (χ2n) is 3.40. The van der Waals surface area contributed by atoms with Crippen LogP contribution in [0.3, 0.4) is 0 Å². The third-order valence-corrected chi connectivity index (χ3v) is 2.48. The summed E-state index contributed by atoms with van der Waals surface area (Å²) in [6.07, 6.45) is 12.1. The molecule has 2 aliphatic rings. The molecule has 2 N–H and O–H groups in total. The average molecular weight is 182 g/mol. The van der Waals surface area contributed by atoms with Crippen molar-refractivity contribution in [2.45, 2.75) is 0 Å². The fourth-order valence-corrected chi connectivity index (χ4v) is 1.76. The van der Waals surface area contributed by atoms with Crippen molar-refractivity contribution in [2.24, 2.45) is 0 Å². The lowest BCUT2D eigenvalue weighted by molar-refractivity contribution is 1.23. The molecule has 68 valence electrons. The van der Waals surface area contributed by atoms with Gasteiger partial charge in [-0.1, -0.05) is 0 Å². The highest BCUT2D eigenvalue weighted by atomic mass is 14.8. The van der Waals surface area contributed by atoms with Crippen molar-refractivity contribution in [1.29, 1.82) is 0 Å². The molecular formula is C12H10N2. The van der Waals surface area contributed by atoms with Crippen LogP contribution in [0.15, 0.2) is 24.5 Å². The molecule has 2 heteroatoms. The van der Waals surface area contributed by atoms with Gasteiger partial charge >= 0.3 is 0 Å². The summed E-state index contributed by atoms with van der Waals surface area (Å²) in [6, 6.07) is 4.38. The zero-order chi connectivity index (χ0) is 9.38. The monoisotopic (exact) mass is 182 g/mol. The van der Waals surface area contributed by atoms with Gasteiger partial charge in [-0.15, -0.1) is 0 Å². The van der Waals surface area contributed by atoms with Crippen LogP contribution in [0, 0.1) is 0 Å². The molecule has 0 aliphatic carbocycles. The third kappa shape index (κ3) is 1.04. The van der Waals surface area contributed by atoms with Gasteiger partial charge < -0.3 is 10.6 Å². The maximum absolute atomic E-state index is 3.09. The van der Waals surface area contributed by atoms with E-state index < -0.39 is 0 Å². The van der Waals surface area contributed by atoms with Gasteiger partial charge in [0.25, 0.3) is 0 Å². The number of hydrogen-bond acceptors (Lipinski definition) is 2. The van der Waals surface area contributed by atoms with Gasteiger partial charge in [0.2, 0.25) is 0 Å². The molecule has 2 heterocycles. The third-order valence-electron chi connectivity index (χ3n) is 2.48. The second-order valence-corrected chi connectivity index (χ2v) is 3.40. The molecule has 1 aromatic carbocycles. The highest BCUT2D eigenvalue weighted by Crippen LogP contribution is 2.00. The molecule has 0 spiro atoms. The van der Waals surface area contributed by atoms with Crippen molar-refractivity contribution in [3.63, 3.8) is 0 Å². The van der Waals surface area contributed by atoms with Crippen LogP contribution in [0.4, 0.5) is 0 Å². The van der Waals surface area contributed by atoms with Crippen LogP contribution in [-0.4, -0.2) is 0 Å². The van der Waals surface area contributed by atoms with E-state index in [1.165, 1.54) is 21.6 Å². The Bertz CT molecular complexity index is 499. The Morgan fingerprint density at radius 2 is 1.21 bits per heavy atom. The van der Waals surface area contributed by atoms with E-state index in [0.29, 0.717) is 0 Å². The van der Waals surface area contributed by atoms with Crippen molar-refractivity contribution >= 4 is 24.6 Å². The van der Waals surface area contributed by atoms with Gasteiger partial charge in [-0.3, -0.25) is 0 Å². The molecule has 2 nitrogen and oxygen atoms in total. The lowest BCUT2D eigenvalue weighted by Gasteiger charge is -2.08. The van der Waals surface area contributed by atoms with E-state index in [-0.39, 0.29) is 0 Å². The molecule has 0 radical (unpaired) electrons. The SMILES string of the molecule is C1=Cc2cc3c(cc2=CN1)C=CNC=3. The second kappa shape index (κ2) is 2.77. The largest absolute Gasteiger partial charge is 0.367 e. The van der Waals surface area contributed by atoms with Crippen LogP contribution < -0.4 is 21.1 Å². The predicted molar refractivity (Wildman–Crippen MR) is 59.0 cm³/mol. The van der Waals surface area contributed by atoms with Crippen molar-refractivity contribution in [3.05, 3.63) is 46.1 Å². The van der Waals surface area contributed by atoms with Crippen LogP contribution in [0.25, 0.3) is 24.6 Å². The molecule has 0 atom stereocenters.